The summed E-state index contributed by atoms with van der Waals surface area (Å²) in [6.07, 6.45) is 4.73. The molecule has 3 N–H and O–H groups in total. The van der Waals surface area contributed by atoms with Crippen LogP contribution < -0.4 is 19.9 Å². The topological polar surface area (TPSA) is 121 Å². The molecule has 1 heterocycles. The zero-order valence-electron chi connectivity index (χ0n) is 16.9. The smallest absolute Gasteiger partial charge is 0.249 e. The first-order valence-corrected chi connectivity index (χ1v) is 10.6. The van der Waals surface area contributed by atoms with Gasteiger partial charge in [0.15, 0.2) is 11.5 Å². The number of anilines is 1. The van der Waals surface area contributed by atoms with Gasteiger partial charge in [0.25, 0.3) is 0 Å². The lowest BCUT2D eigenvalue weighted by atomic mass is 9.98. The number of nitrogens with one attached hydrogen (secondary N) is 1. The Morgan fingerprint density at radius 1 is 1.00 bits per heavy atom. The summed E-state index contributed by atoms with van der Waals surface area (Å²) in [5.74, 6) is 0.682. The van der Waals surface area contributed by atoms with Gasteiger partial charge in [0.1, 0.15) is 0 Å². The molecule has 0 fully saturated rings. The van der Waals surface area contributed by atoms with Gasteiger partial charge in [-0.25, -0.2) is 13.6 Å². The lowest BCUT2D eigenvalue weighted by Gasteiger charge is -2.13. The van der Waals surface area contributed by atoms with Gasteiger partial charge >= 0.3 is 0 Å². The van der Waals surface area contributed by atoms with E-state index in [1.54, 1.807) is 37.7 Å². The maximum Gasteiger partial charge on any atom is 0.249 e. The van der Waals surface area contributed by atoms with E-state index in [4.69, 9.17) is 14.6 Å². The van der Waals surface area contributed by atoms with Crippen LogP contribution in [0.1, 0.15) is 11.1 Å². The normalized spacial score (nSPS) is 11.6. The van der Waals surface area contributed by atoms with E-state index in [0.717, 1.165) is 11.1 Å². The molecule has 0 spiro atoms. The number of nitrogens with two attached hydrogens (primary N) is 1. The highest BCUT2D eigenvalue weighted by molar-refractivity contribution is 7.89. The number of amides is 1. The molecule has 9 heteroatoms. The Morgan fingerprint density at radius 2 is 1.71 bits per heavy atom. The molecular formula is C22H21N3O5S. The fourth-order valence-electron chi connectivity index (χ4n) is 2.90. The lowest BCUT2D eigenvalue weighted by Crippen LogP contribution is -2.13. The van der Waals surface area contributed by atoms with E-state index >= 15 is 0 Å². The number of sulfonamides is 1. The number of methoxy groups -OCH3 is 2. The van der Waals surface area contributed by atoms with E-state index in [-0.39, 0.29) is 4.90 Å². The van der Waals surface area contributed by atoms with Crippen molar-refractivity contribution in [1.82, 2.24) is 4.98 Å². The van der Waals surface area contributed by atoms with Gasteiger partial charge in [-0.05, 0) is 53.6 Å². The Kier molecular flexibility index (Phi) is 6.68. The minimum atomic E-state index is -3.81. The van der Waals surface area contributed by atoms with Crippen LogP contribution in [0.3, 0.4) is 0 Å². The molecule has 0 aliphatic heterocycles. The fourth-order valence-corrected chi connectivity index (χ4v) is 3.41. The van der Waals surface area contributed by atoms with Crippen molar-refractivity contribution >= 4 is 27.2 Å². The maximum atomic E-state index is 12.7. The lowest BCUT2D eigenvalue weighted by molar-refractivity contribution is -0.111. The summed E-state index contributed by atoms with van der Waals surface area (Å²) in [6.45, 7) is 0. The average Bonchev–Trinajstić information content (AvgIpc) is 2.77. The number of benzene rings is 2. The molecule has 0 saturated carbocycles. The predicted molar refractivity (Wildman–Crippen MR) is 117 cm³/mol. The van der Waals surface area contributed by atoms with Gasteiger partial charge in [-0.15, -0.1) is 0 Å². The zero-order chi connectivity index (χ0) is 22.4. The van der Waals surface area contributed by atoms with E-state index in [1.165, 1.54) is 37.5 Å². The van der Waals surface area contributed by atoms with Crippen LogP contribution in [-0.4, -0.2) is 33.5 Å². The Hall–Kier alpha value is -3.69. The van der Waals surface area contributed by atoms with Crippen molar-refractivity contribution in [3.63, 3.8) is 0 Å². The van der Waals surface area contributed by atoms with E-state index in [0.29, 0.717) is 22.8 Å². The largest absolute Gasteiger partial charge is 0.493 e. The monoisotopic (exact) mass is 439 g/mol. The van der Waals surface area contributed by atoms with Crippen LogP contribution in [0.15, 0.2) is 78.0 Å². The number of aromatic nitrogens is 1. The molecule has 3 aromatic rings. The van der Waals surface area contributed by atoms with Crippen molar-refractivity contribution in [3.05, 3.63) is 84.2 Å². The van der Waals surface area contributed by atoms with Gasteiger partial charge in [0, 0.05) is 29.7 Å². The van der Waals surface area contributed by atoms with E-state index in [9.17, 15) is 13.2 Å². The first kappa shape index (κ1) is 22.0. The van der Waals surface area contributed by atoms with E-state index in [1.807, 2.05) is 12.1 Å². The maximum absolute atomic E-state index is 12.7. The molecule has 31 heavy (non-hydrogen) atoms. The van der Waals surface area contributed by atoms with Crippen LogP contribution in [-0.2, 0) is 14.8 Å². The minimum absolute atomic E-state index is 0.0394. The number of carbonyl (C=O) groups is 1. The van der Waals surface area contributed by atoms with Crippen LogP contribution in [0.4, 0.5) is 5.69 Å². The highest BCUT2D eigenvalue weighted by Crippen LogP contribution is 2.32. The standard InChI is InChI=1S/C22H21N3O5S/c1-29-20-10-5-15(12-21(20)30-2)19(16-4-3-11-24-14-16)13-22(26)25-17-6-8-18(9-7-17)31(23,27)28/h3-14H,1-2H3,(H,25,26)(H2,23,27,28)/b19-13+. The van der Waals surface area contributed by atoms with E-state index < -0.39 is 15.9 Å². The third kappa shape index (κ3) is 5.47. The van der Waals surface area contributed by atoms with Gasteiger partial charge < -0.3 is 14.8 Å². The Balaban J connectivity index is 1.95. The Labute approximate surface area is 180 Å². The van der Waals surface area contributed by atoms with Crippen LogP contribution in [0.25, 0.3) is 5.57 Å². The van der Waals surface area contributed by atoms with E-state index in [2.05, 4.69) is 10.3 Å². The third-order valence-electron chi connectivity index (χ3n) is 4.39. The van der Waals surface area contributed by atoms with Gasteiger partial charge in [-0.3, -0.25) is 9.78 Å². The molecule has 3 rings (SSSR count). The second kappa shape index (κ2) is 9.41. The second-order valence-electron chi connectivity index (χ2n) is 6.43. The van der Waals surface area contributed by atoms with Gasteiger partial charge in [0.05, 0.1) is 19.1 Å². The summed E-state index contributed by atoms with van der Waals surface area (Å²) in [5, 5.41) is 7.81. The highest BCUT2D eigenvalue weighted by atomic mass is 32.2. The molecular weight excluding hydrogens is 418 g/mol. The number of rotatable bonds is 7. The van der Waals surface area contributed by atoms with Crippen molar-refractivity contribution in [3.8, 4) is 11.5 Å². The van der Waals surface area contributed by atoms with Crippen LogP contribution >= 0.6 is 0 Å². The molecule has 0 aliphatic rings. The molecule has 1 amide bonds. The molecule has 1 aromatic heterocycles. The summed E-state index contributed by atoms with van der Waals surface area (Å²) in [6, 6.07) is 14.5. The summed E-state index contributed by atoms with van der Waals surface area (Å²) < 4.78 is 33.4. The van der Waals surface area contributed by atoms with Crippen molar-refractivity contribution in [1.29, 1.82) is 0 Å². The van der Waals surface area contributed by atoms with Crippen LogP contribution in [0.2, 0.25) is 0 Å². The molecule has 0 unspecified atom stereocenters. The molecule has 0 saturated heterocycles. The third-order valence-corrected chi connectivity index (χ3v) is 5.32. The van der Waals surface area contributed by atoms with Crippen molar-refractivity contribution in [2.45, 2.75) is 4.90 Å². The van der Waals surface area contributed by atoms with Crippen molar-refractivity contribution in [2.75, 3.05) is 19.5 Å². The number of carbonyl (C=O) groups excluding carboxylic acids is 1. The van der Waals surface area contributed by atoms with Crippen molar-refractivity contribution in [2.24, 2.45) is 5.14 Å². The second-order valence-corrected chi connectivity index (χ2v) is 7.99. The molecule has 160 valence electrons. The Bertz CT molecular complexity index is 1210. The molecule has 8 nitrogen and oxygen atoms in total. The first-order valence-electron chi connectivity index (χ1n) is 9.10. The highest BCUT2D eigenvalue weighted by Gasteiger charge is 2.13. The first-order chi connectivity index (χ1) is 14.8. The number of nitrogens with zero attached hydrogens (tertiary/aromatic N) is 1. The number of ether oxygens (including phenoxy) is 2. The summed E-state index contributed by atoms with van der Waals surface area (Å²) in [4.78, 5) is 16.8. The molecule has 2 aromatic carbocycles. The summed E-state index contributed by atoms with van der Waals surface area (Å²) >= 11 is 0. The zero-order valence-corrected chi connectivity index (χ0v) is 17.7. The van der Waals surface area contributed by atoms with Crippen molar-refractivity contribution < 1.29 is 22.7 Å². The quantitative estimate of drug-likeness (QED) is 0.546. The number of hydrogen-bond donors (Lipinski definition) is 2. The molecule has 0 atom stereocenters. The predicted octanol–water partition coefficient (Wildman–Crippen LogP) is 2.82. The molecule has 0 aliphatic carbocycles. The number of primary sulfonamides is 1. The Morgan fingerprint density at radius 3 is 2.29 bits per heavy atom. The molecule has 0 radical (unpaired) electrons. The fraction of sp³-hybridized carbons (Fsp3) is 0.0909. The number of hydrogen-bond acceptors (Lipinski definition) is 6. The van der Waals surface area contributed by atoms with Gasteiger partial charge in [-0.2, -0.15) is 0 Å². The average molecular weight is 439 g/mol. The molecule has 0 bridgehead atoms. The summed E-state index contributed by atoms with van der Waals surface area (Å²) in [5.41, 5.74) is 2.50. The summed E-state index contributed by atoms with van der Waals surface area (Å²) in [7, 11) is -0.725. The van der Waals surface area contributed by atoms with Gasteiger partial charge in [-0.1, -0.05) is 12.1 Å². The van der Waals surface area contributed by atoms with Crippen LogP contribution in [0.5, 0.6) is 11.5 Å². The van der Waals surface area contributed by atoms with Crippen LogP contribution in [0, 0.1) is 0 Å². The number of pyridine rings is 1. The minimum Gasteiger partial charge on any atom is -0.493 e. The van der Waals surface area contributed by atoms with Gasteiger partial charge in [0.2, 0.25) is 15.9 Å². The SMILES string of the molecule is COc1ccc(/C(=C\C(=O)Nc2ccc(S(N)(=O)=O)cc2)c2cccnc2)cc1OC.